The van der Waals surface area contributed by atoms with Crippen molar-refractivity contribution in [2.45, 2.75) is 4.90 Å². The molecule has 8 heteroatoms. The van der Waals surface area contributed by atoms with Crippen LogP contribution >= 0.6 is 33.9 Å². The van der Waals surface area contributed by atoms with E-state index in [9.17, 15) is 13.2 Å². The number of hydrogen-bond acceptors (Lipinski definition) is 4. The first kappa shape index (κ1) is 17.9. The van der Waals surface area contributed by atoms with Gasteiger partial charge in [-0.15, -0.1) is 11.3 Å². The maximum absolute atomic E-state index is 12.4. The summed E-state index contributed by atoms with van der Waals surface area (Å²) in [5, 5.41) is 4.55. The summed E-state index contributed by atoms with van der Waals surface area (Å²) >= 11 is 3.49. The van der Waals surface area contributed by atoms with Gasteiger partial charge in [0.15, 0.2) is 0 Å². The molecule has 5 nitrogen and oxygen atoms in total. The molecule has 1 amide bonds. The molecular formula is C17H13IN2O3S2. The number of hydrogen-bond donors (Lipinski definition) is 2. The van der Waals surface area contributed by atoms with Crippen molar-refractivity contribution in [2.75, 3.05) is 10.0 Å². The van der Waals surface area contributed by atoms with Crippen LogP contribution in [-0.2, 0) is 10.0 Å². The molecule has 0 saturated heterocycles. The van der Waals surface area contributed by atoms with E-state index < -0.39 is 10.0 Å². The summed E-state index contributed by atoms with van der Waals surface area (Å²) in [7, 11) is -3.68. The summed E-state index contributed by atoms with van der Waals surface area (Å²) in [6.45, 7) is 0. The number of amides is 1. The largest absolute Gasteiger partial charge is 0.321 e. The Bertz CT molecular complexity index is 968. The Morgan fingerprint density at radius 1 is 0.920 bits per heavy atom. The zero-order valence-corrected chi connectivity index (χ0v) is 16.6. The number of carbonyl (C=O) groups is 1. The van der Waals surface area contributed by atoms with Crippen molar-refractivity contribution in [2.24, 2.45) is 0 Å². The minimum atomic E-state index is -3.68. The molecule has 2 N–H and O–H groups in total. The number of anilines is 2. The Kier molecular flexibility index (Phi) is 5.40. The Hall–Kier alpha value is -1.91. The summed E-state index contributed by atoms with van der Waals surface area (Å²) in [5.41, 5.74) is 1.03. The number of sulfonamides is 1. The van der Waals surface area contributed by atoms with E-state index in [0.29, 0.717) is 16.3 Å². The van der Waals surface area contributed by atoms with Gasteiger partial charge < -0.3 is 5.32 Å². The third-order valence-electron chi connectivity index (χ3n) is 3.26. The first-order valence-electron chi connectivity index (χ1n) is 7.17. The molecule has 0 saturated carbocycles. The molecule has 128 valence electrons. The van der Waals surface area contributed by atoms with Crippen molar-refractivity contribution in [3.05, 3.63) is 74.5 Å². The highest BCUT2D eigenvalue weighted by atomic mass is 127. The average Bonchev–Trinajstić information content (AvgIpc) is 3.12. The van der Waals surface area contributed by atoms with Crippen molar-refractivity contribution >= 4 is 61.2 Å². The Morgan fingerprint density at radius 2 is 1.56 bits per heavy atom. The van der Waals surface area contributed by atoms with E-state index in [1.807, 2.05) is 17.5 Å². The second-order valence-electron chi connectivity index (χ2n) is 5.07. The molecule has 0 aliphatic carbocycles. The minimum absolute atomic E-state index is 0.125. The van der Waals surface area contributed by atoms with Crippen molar-refractivity contribution in [1.82, 2.24) is 0 Å². The van der Waals surface area contributed by atoms with Gasteiger partial charge in [-0.05, 0) is 82.6 Å². The Labute approximate surface area is 163 Å². The fourth-order valence-corrected chi connectivity index (χ4v) is 4.09. The molecule has 3 rings (SSSR count). The molecule has 0 fully saturated rings. The summed E-state index contributed by atoms with van der Waals surface area (Å²) in [6, 6.07) is 16.6. The standard InChI is InChI=1S/C17H13IN2O3S2/c18-12-3-5-14(6-4-12)20-25(22,23)15-9-7-13(8-10-15)19-17(21)16-2-1-11-24-16/h1-11,20H,(H,19,21). The van der Waals surface area contributed by atoms with Gasteiger partial charge in [0, 0.05) is 14.9 Å². The van der Waals surface area contributed by atoms with Crippen molar-refractivity contribution in [3.63, 3.8) is 0 Å². The molecule has 0 aliphatic rings. The normalized spacial score (nSPS) is 11.1. The van der Waals surface area contributed by atoms with Crippen molar-refractivity contribution in [3.8, 4) is 0 Å². The molecule has 2 aromatic carbocycles. The molecule has 1 aromatic heterocycles. The summed E-state index contributed by atoms with van der Waals surface area (Å²) in [5.74, 6) is -0.220. The molecule has 0 atom stereocenters. The molecule has 3 aromatic rings. The van der Waals surface area contributed by atoms with Gasteiger partial charge in [0.2, 0.25) is 0 Å². The van der Waals surface area contributed by atoms with Gasteiger partial charge >= 0.3 is 0 Å². The predicted octanol–water partition coefficient (Wildman–Crippen LogP) is 4.41. The maximum Gasteiger partial charge on any atom is 0.265 e. The van der Waals surface area contributed by atoms with Crippen molar-refractivity contribution in [1.29, 1.82) is 0 Å². The first-order chi connectivity index (χ1) is 11.9. The van der Waals surface area contributed by atoms with Gasteiger partial charge in [-0.3, -0.25) is 9.52 Å². The average molecular weight is 484 g/mol. The van der Waals surface area contributed by atoms with Crippen molar-refractivity contribution < 1.29 is 13.2 Å². The SMILES string of the molecule is O=C(Nc1ccc(S(=O)(=O)Nc2ccc(I)cc2)cc1)c1cccs1. The Balaban J connectivity index is 1.72. The fraction of sp³-hybridized carbons (Fsp3) is 0. The van der Waals surface area contributed by atoms with Gasteiger partial charge in [-0.2, -0.15) is 0 Å². The van der Waals surface area contributed by atoms with Crippen LogP contribution in [0.4, 0.5) is 11.4 Å². The first-order valence-corrected chi connectivity index (χ1v) is 10.6. The highest BCUT2D eigenvalue weighted by Crippen LogP contribution is 2.20. The molecule has 0 unspecified atom stereocenters. The van der Waals surface area contributed by atoms with Crippen LogP contribution in [0.3, 0.4) is 0 Å². The lowest BCUT2D eigenvalue weighted by Crippen LogP contribution is -2.13. The molecule has 1 heterocycles. The zero-order chi connectivity index (χ0) is 17.9. The van der Waals surface area contributed by atoms with E-state index in [1.54, 1.807) is 36.4 Å². The van der Waals surface area contributed by atoms with Gasteiger partial charge in [0.05, 0.1) is 9.77 Å². The maximum atomic E-state index is 12.4. The van der Waals surface area contributed by atoms with E-state index in [0.717, 1.165) is 3.57 Å². The van der Waals surface area contributed by atoms with Crippen LogP contribution in [0.2, 0.25) is 0 Å². The zero-order valence-electron chi connectivity index (χ0n) is 12.8. The van der Waals surface area contributed by atoms with Gasteiger partial charge in [-0.1, -0.05) is 6.07 Å². The summed E-state index contributed by atoms with van der Waals surface area (Å²) in [6.07, 6.45) is 0. The summed E-state index contributed by atoms with van der Waals surface area (Å²) in [4.78, 5) is 12.7. The second kappa shape index (κ2) is 7.54. The van der Waals surface area contributed by atoms with Crippen LogP contribution in [0.25, 0.3) is 0 Å². The smallest absolute Gasteiger partial charge is 0.265 e. The third-order valence-corrected chi connectivity index (χ3v) is 6.25. The molecular weight excluding hydrogens is 471 g/mol. The number of thiophene rings is 1. The number of nitrogens with one attached hydrogen (secondary N) is 2. The lowest BCUT2D eigenvalue weighted by Gasteiger charge is -2.09. The molecule has 0 spiro atoms. The lowest BCUT2D eigenvalue weighted by atomic mass is 10.3. The van der Waals surface area contributed by atoms with Gasteiger partial charge in [-0.25, -0.2) is 8.42 Å². The van der Waals surface area contributed by atoms with E-state index in [1.165, 1.54) is 23.5 Å². The van der Waals surface area contributed by atoms with Gasteiger partial charge in [0.1, 0.15) is 0 Å². The highest BCUT2D eigenvalue weighted by Gasteiger charge is 2.14. The fourth-order valence-electron chi connectivity index (χ4n) is 2.05. The molecule has 0 aliphatic heterocycles. The minimum Gasteiger partial charge on any atom is -0.321 e. The van der Waals surface area contributed by atoms with E-state index >= 15 is 0 Å². The monoisotopic (exact) mass is 484 g/mol. The van der Waals surface area contributed by atoms with E-state index in [4.69, 9.17) is 0 Å². The molecule has 0 radical (unpaired) electrons. The van der Waals surface area contributed by atoms with Crippen LogP contribution in [0.15, 0.2) is 70.9 Å². The number of carbonyl (C=O) groups excluding carboxylic acids is 1. The number of halogens is 1. The van der Waals surface area contributed by atoms with Crippen LogP contribution < -0.4 is 10.0 Å². The Morgan fingerprint density at radius 3 is 2.16 bits per heavy atom. The lowest BCUT2D eigenvalue weighted by molar-refractivity contribution is 0.103. The number of rotatable bonds is 5. The predicted molar refractivity (Wildman–Crippen MR) is 109 cm³/mol. The molecule has 0 bridgehead atoms. The quantitative estimate of drug-likeness (QED) is 0.527. The summed E-state index contributed by atoms with van der Waals surface area (Å²) < 4.78 is 28.4. The topological polar surface area (TPSA) is 75.3 Å². The van der Waals surface area contributed by atoms with Crippen LogP contribution in [-0.4, -0.2) is 14.3 Å². The number of benzene rings is 2. The molecule has 25 heavy (non-hydrogen) atoms. The second-order valence-corrected chi connectivity index (χ2v) is 8.94. The van der Waals surface area contributed by atoms with Crippen LogP contribution in [0.1, 0.15) is 9.67 Å². The van der Waals surface area contributed by atoms with Crippen LogP contribution in [0, 0.1) is 3.57 Å². The van der Waals surface area contributed by atoms with Gasteiger partial charge in [0.25, 0.3) is 15.9 Å². The van der Waals surface area contributed by atoms with E-state index in [-0.39, 0.29) is 10.8 Å². The van der Waals surface area contributed by atoms with E-state index in [2.05, 4.69) is 32.6 Å². The van der Waals surface area contributed by atoms with Crippen LogP contribution in [0.5, 0.6) is 0 Å². The highest BCUT2D eigenvalue weighted by molar-refractivity contribution is 14.1. The third kappa shape index (κ3) is 4.59.